The van der Waals surface area contributed by atoms with E-state index >= 15 is 0 Å². The Kier molecular flexibility index (Phi) is 3.13. The molecule has 3 heteroatoms. The Morgan fingerprint density at radius 3 is 2.45 bits per heavy atom. The van der Waals surface area contributed by atoms with Crippen molar-refractivity contribution in [1.29, 1.82) is 0 Å². The molecule has 0 bridgehead atoms. The Labute approximate surface area is 118 Å². The molecule has 2 unspecified atom stereocenters. The lowest BCUT2D eigenvalue weighted by molar-refractivity contribution is 0.0741. The second-order valence-corrected chi connectivity index (χ2v) is 5.86. The van der Waals surface area contributed by atoms with Gasteiger partial charge in [0, 0.05) is 12.6 Å². The van der Waals surface area contributed by atoms with E-state index in [-0.39, 0.29) is 17.7 Å². The summed E-state index contributed by atoms with van der Waals surface area (Å²) in [7, 11) is 0. The van der Waals surface area contributed by atoms with Gasteiger partial charge in [0.25, 0.3) is 5.91 Å². The second-order valence-electron chi connectivity index (χ2n) is 5.86. The summed E-state index contributed by atoms with van der Waals surface area (Å²) in [4.78, 5) is 14.5. The van der Waals surface area contributed by atoms with E-state index in [1.807, 2.05) is 29.2 Å². The first-order valence-corrected chi connectivity index (χ1v) is 7.09. The van der Waals surface area contributed by atoms with Crippen LogP contribution in [0.5, 0.6) is 5.75 Å². The molecule has 0 saturated carbocycles. The van der Waals surface area contributed by atoms with Crippen LogP contribution in [0.2, 0.25) is 0 Å². The van der Waals surface area contributed by atoms with Gasteiger partial charge in [0.1, 0.15) is 5.75 Å². The molecule has 104 valence electrons. The van der Waals surface area contributed by atoms with Crippen molar-refractivity contribution in [2.24, 2.45) is 5.92 Å². The molecule has 0 aliphatic carbocycles. The average Bonchev–Trinajstić information content (AvgIpc) is 2.76. The van der Waals surface area contributed by atoms with Crippen LogP contribution in [0.25, 0.3) is 10.8 Å². The zero-order chi connectivity index (χ0) is 14.3. The summed E-state index contributed by atoms with van der Waals surface area (Å²) in [5, 5.41) is 12.1. The predicted octanol–water partition coefficient (Wildman–Crippen LogP) is 3.42. The summed E-state index contributed by atoms with van der Waals surface area (Å²) in [6.45, 7) is 5.00. The molecule has 1 saturated heterocycles. The number of fused-ring (bicyclic) bond motifs is 1. The number of nitrogens with zero attached hydrogens (tertiary/aromatic N) is 1. The number of phenolic OH excluding ortho intramolecular Hbond substituents is 1. The zero-order valence-corrected chi connectivity index (χ0v) is 11.8. The van der Waals surface area contributed by atoms with E-state index in [1.165, 1.54) is 0 Å². The molecule has 2 atom stereocenters. The fraction of sp³-hybridized carbons (Fsp3) is 0.353. The van der Waals surface area contributed by atoms with Gasteiger partial charge in [-0.3, -0.25) is 4.79 Å². The van der Waals surface area contributed by atoms with Crippen molar-refractivity contribution in [3.63, 3.8) is 0 Å². The first-order chi connectivity index (χ1) is 9.56. The fourth-order valence-corrected chi connectivity index (χ4v) is 3.14. The maximum atomic E-state index is 12.6. The minimum Gasteiger partial charge on any atom is -0.507 e. The molecule has 3 nitrogen and oxygen atoms in total. The quantitative estimate of drug-likeness (QED) is 0.861. The largest absolute Gasteiger partial charge is 0.507 e. The van der Waals surface area contributed by atoms with Gasteiger partial charge in [-0.1, -0.05) is 31.2 Å². The molecular weight excluding hydrogens is 250 g/mol. The third-order valence-corrected chi connectivity index (χ3v) is 4.14. The topological polar surface area (TPSA) is 40.5 Å². The van der Waals surface area contributed by atoms with Gasteiger partial charge in [-0.15, -0.1) is 0 Å². The van der Waals surface area contributed by atoms with Crippen molar-refractivity contribution in [2.45, 2.75) is 26.3 Å². The van der Waals surface area contributed by atoms with E-state index in [9.17, 15) is 9.90 Å². The highest BCUT2D eigenvalue weighted by Crippen LogP contribution is 2.30. The summed E-state index contributed by atoms with van der Waals surface area (Å²) < 4.78 is 0. The molecule has 0 spiro atoms. The van der Waals surface area contributed by atoms with Crippen LogP contribution in [0, 0.1) is 5.92 Å². The Bertz CT molecular complexity index is 665. The van der Waals surface area contributed by atoms with Crippen molar-refractivity contribution in [3.8, 4) is 5.75 Å². The van der Waals surface area contributed by atoms with Gasteiger partial charge in [-0.2, -0.15) is 0 Å². The number of phenols is 1. The first-order valence-electron chi connectivity index (χ1n) is 7.09. The molecule has 2 aromatic rings. The molecule has 1 aliphatic heterocycles. The Balaban J connectivity index is 2.01. The van der Waals surface area contributed by atoms with Crippen molar-refractivity contribution >= 4 is 16.7 Å². The third kappa shape index (κ3) is 2.13. The van der Waals surface area contributed by atoms with Gasteiger partial charge in [0.15, 0.2) is 0 Å². The summed E-state index contributed by atoms with van der Waals surface area (Å²) in [5.41, 5.74) is 0.407. The lowest BCUT2D eigenvalue weighted by Gasteiger charge is -2.22. The normalized spacial score (nSPS) is 22.4. The SMILES string of the molecule is CC1CC(C)N(C(=O)c2cc3ccccc3cc2O)C1. The molecule has 1 aliphatic rings. The van der Waals surface area contributed by atoms with Gasteiger partial charge in [0.05, 0.1) is 5.56 Å². The number of likely N-dealkylation sites (tertiary alicyclic amines) is 1. The maximum Gasteiger partial charge on any atom is 0.257 e. The number of amides is 1. The number of rotatable bonds is 1. The summed E-state index contributed by atoms with van der Waals surface area (Å²) >= 11 is 0. The molecule has 1 N–H and O–H groups in total. The number of carbonyl (C=O) groups is 1. The molecule has 1 heterocycles. The minimum atomic E-state index is -0.0647. The second kappa shape index (κ2) is 4.82. The highest BCUT2D eigenvalue weighted by atomic mass is 16.3. The Morgan fingerprint density at radius 2 is 1.85 bits per heavy atom. The third-order valence-electron chi connectivity index (χ3n) is 4.14. The van der Waals surface area contributed by atoms with Crippen LogP contribution in [-0.4, -0.2) is 28.5 Å². The molecule has 0 aromatic heterocycles. The molecule has 0 radical (unpaired) electrons. The predicted molar refractivity (Wildman–Crippen MR) is 79.9 cm³/mol. The molecule has 20 heavy (non-hydrogen) atoms. The molecule has 1 amide bonds. The number of hydrogen-bond acceptors (Lipinski definition) is 2. The monoisotopic (exact) mass is 269 g/mol. The minimum absolute atomic E-state index is 0.0647. The molecule has 2 aromatic carbocycles. The highest BCUT2D eigenvalue weighted by molar-refractivity contribution is 6.01. The average molecular weight is 269 g/mol. The van der Waals surface area contributed by atoms with Gasteiger partial charge >= 0.3 is 0 Å². The smallest absolute Gasteiger partial charge is 0.257 e. The Hall–Kier alpha value is -2.03. The van der Waals surface area contributed by atoms with E-state index < -0.39 is 0 Å². The first kappa shape index (κ1) is 13.0. The maximum absolute atomic E-state index is 12.6. The van der Waals surface area contributed by atoms with Gasteiger partial charge in [-0.25, -0.2) is 0 Å². The van der Waals surface area contributed by atoms with Crippen LogP contribution < -0.4 is 0 Å². The van der Waals surface area contributed by atoms with Crippen LogP contribution in [0.4, 0.5) is 0 Å². The number of benzene rings is 2. The highest BCUT2D eigenvalue weighted by Gasteiger charge is 2.31. The van der Waals surface area contributed by atoms with Crippen LogP contribution >= 0.6 is 0 Å². The van der Waals surface area contributed by atoms with Crippen LogP contribution in [0.1, 0.15) is 30.6 Å². The fourth-order valence-electron chi connectivity index (χ4n) is 3.14. The lowest BCUT2D eigenvalue weighted by Crippen LogP contribution is -2.34. The molecule has 1 fully saturated rings. The summed E-state index contributed by atoms with van der Waals surface area (Å²) in [5.74, 6) is 0.530. The Morgan fingerprint density at radius 1 is 1.20 bits per heavy atom. The molecular formula is C17H19NO2. The van der Waals surface area contributed by atoms with Gasteiger partial charge in [0.2, 0.25) is 0 Å². The number of aromatic hydroxyl groups is 1. The number of hydrogen-bond donors (Lipinski definition) is 1. The number of carbonyl (C=O) groups excluding carboxylic acids is 1. The van der Waals surface area contributed by atoms with Crippen molar-refractivity contribution in [3.05, 3.63) is 42.0 Å². The van der Waals surface area contributed by atoms with E-state index in [0.29, 0.717) is 11.5 Å². The van der Waals surface area contributed by atoms with Crippen LogP contribution in [0.3, 0.4) is 0 Å². The van der Waals surface area contributed by atoms with E-state index in [4.69, 9.17) is 0 Å². The van der Waals surface area contributed by atoms with Crippen LogP contribution in [-0.2, 0) is 0 Å². The van der Waals surface area contributed by atoms with Gasteiger partial charge in [-0.05, 0) is 42.2 Å². The summed E-state index contributed by atoms with van der Waals surface area (Å²) in [6.07, 6.45) is 1.03. The van der Waals surface area contributed by atoms with E-state index in [1.54, 1.807) is 12.1 Å². The van der Waals surface area contributed by atoms with Crippen molar-refractivity contribution < 1.29 is 9.90 Å². The molecule has 3 rings (SSSR count). The van der Waals surface area contributed by atoms with Gasteiger partial charge < -0.3 is 10.0 Å². The van der Waals surface area contributed by atoms with E-state index in [2.05, 4.69) is 13.8 Å². The van der Waals surface area contributed by atoms with Crippen molar-refractivity contribution in [2.75, 3.05) is 6.54 Å². The summed E-state index contributed by atoms with van der Waals surface area (Å²) in [6, 6.07) is 11.5. The van der Waals surface area contributed by atoms with E-state index in [0.717, 1.165) is 23.7 Å². The lowest BCUT2D eigenvalue weighted by atomic mass is 10.0. The standard InChI is InChI=1S/C17H19NO2/c1-11-7-12(2)18(10-11)17(20)15-8-13-5-3-4-6-14(13)9-16(15)19/h3-6,8-9,11-12,19H,7,10H2,1-2H3. The van der Waals surface area contributed by atoms with Crippen LogP contribution in [0.15, 0.2) is 36.4 Å². The zero-order valence-electron chi connectivity index (χ0n) is 11.8. The van der Waals surface area contributed by atoms with Crippen molar-refractivity contribution in [1.82, 2.24) is 4.90 Å².